The van der Waals surface area contributed by atoms with Crippen molar-refractivity contribution in [3.05, 3.63) is 28.8 Å². The molecule has 1 aliphatic carbocycles. The van der Waals surface area contributed by atoms with E-state index in [4.69, 9.17) is 16.3 Å². The fourth-order valence-corrected chi connectivity index (χ4v) is 1.85. The van der Waals surface area contributed by atoms with Gasteiger partial charge in [-0.15, -0.1) is 0 Å². The highest BCUT2D eigenvalue weighted by atomic mass is 35.5. The van der Waals surface area contributed by atoms with E-state index < -0.39 is 17.7 Å². The van der Waals surface area contributed by atoms with Gasteiger partial charge in [-0.05, 0) is 18.2 Å². The summed E-state index contributed by atoms with van der Waals surface area (Å²) in [5.74, 6) is -3.36. The topological polar surface area (TPSA) is 38.3 Å². The highest BCUT2D eigenvalue weighted by molar-refractivity contribution is 6.31. The average molecular weight is 276 g/mol. The minimum Gasteiger partial charge on any atom is -0.497 e. The number of nitrogens with one attached hydrogen (secondary N) is 1. The van der Waals surface area contributed by atoms with Crippen LogP contribution in [0.25, 0.3) is 0 Å². The highest BCUT2D eigenvalue weighted by Gasteiger charge is 2.56. The SMILES string of the molecule is COc1cc(Cl)cc(C(=O)NCC2CC2(F)F)c1. The zero-order chi connectivity index (χ0) is 13.3. The molecular weight excluding hydrogens is 264 g/mol. The molecule has 1 aliphatic rings. The van der Waals surface area contributed by atoms with Crippen molar-refractivity contribution in [3.63, 3.8) is 0 Å². The maximum absolute atomic E-state index is 12.6. The molecule has 0 aromatic heterocycles. The van der Waals surface area contributed by atoms with Gasteiger partial charge in [0.05, 0.1) is 7.11 Å². The first-order chi connectivity index (χ1) is 8.42. The van der Waals surface area contributed by atoms with Crippen LogP contribution in [0.2, 0.25) is 5.02 Å². The smallest absolute Gasteiger partial charge is 0.253 e. The predicted octanol–water partition coefficient (Wildman–Crippen LogP) is 2.73. The van der Waals surface area contributed by atoms with Gasteiger partial charge in [0, 0.05) is 29.5 Å². The Morgan fingerprint density at radius 1 is 1.56 bits per heavy atom. The average Bonchev–Trinajstić information content (AvgIpc) is 2.93. The summed E-state index contributed by atoms with van der Waals surface area (Å²) in [5.41, 5.74) is 0.295. The summed E-state index contributed by atoms with van der Waals surface area (Å²) in [6.07, 6.45) is -0.161. The van der Waals surface area contributed by atoms with Crippen LogP contribution < -0.4 is 10.1 Å². The van der Waals surface area contributed by atoms with E-state index in [-0.39, 0.29) is 13.0 Å². The Morgan fingerprint density at radius 3 is 2.78 bits per heavy atom. The lowest BCUT2D eigenvalue weighted by Crippen LogP contribution is -2.26. The number of methoxy groups -OCH3 is 1. The molecule has 6 heteroatoms. The maximum Gasteiger partial charge on any atom is 0.253 e. The number of benzene rings is 1. The molecule has 1 aromatic carbocycles. The van der Waals surface area contributed by atoms with Gasteiger partial charge in [0.25, 0.3) is 11.8 Å². The summed E-state index contributed by atoms with van der Waals surface area (Å²) in [5, 5.41) is 2.82. The van der Waals surface area contributed by atoms with E-state index in [9.17, 15) is 13.6 Å². The van der Waals surface area contributed by atoms with Gasteiger partial charge in [0.2, 0.25) is 0 Å². The van der Waals surface area contributed by atoms with E-state index in [0.29, 0.717) is 16.3 Å². The molecule has 0 aliphatic heterocycles. The standard InChI is InChI=1S/C12H12ClF2NO2/c1-18-10-3-7(2-9(13)4-10)11(17)16-6-8-5-12(8,14)15/h2-4,8H,5-6H2,1H3,(H,16,17). The molecule has 1 unspecified atom stereocenters. The van der Waals surface area contributed by atoms with Gasteiger partial charge in [-0.1, -0.05) is 11.6 Å². The molecule has 1 amide bonds. The number of rotatable bonds is 4. The van der Waals surface area contributed by atoms with Crippen molar-refractivity contribution >= 4 is 17.5 Å². The monoisotopic (exact) mass is 275 g/mol. The van der Waals surface area contributed by atoms with E-state index in [1.807, 2.05) is 0 Å². The number of hydrogen-bond acceptors (Lipinski definition) is 2. The Morgan fingerprint density at radius 2 is 2.22 bits per heavy atom. The van der Waals surface area contributed by atoms with Crippen molar-refractivity contribution in [1.29, 1.82) is 0 Å². The third kappa shape index (κ3) is 2.90. The maximum atomic E-state index is 12.6. The minimum atomic E-state index is -2.63. The van der Waals surface area contributed by atoms with Gasteiger partial charge in [-0.2, -0.15) is 0 Å². The molecular formula is C12H12ClF2NO2. The number of halogens is 3. The fraction of sp³-hybridized carbons (Fsp3) is 0.417. The largest absolute Gasteiger partial charge is 0.497 e. The van der Waals surface area contributed by atoms with Crippen molar-refractivity contribution in [1.82, 2.24) is 5.32 Å². The third-order valence-corrected chi connectivity index (χ3v) is 3.05. The first-order valence-electron chi connectivity index (χ1n) is 5.43. The summed E-state index contributed by atoms with van der Waals surface area (Å²) in [4.78, 5) is 11.7. The normalized spacial score (nSPS) is 20.3. The molecule has 0 heterocycles. The Balaban J connectivity index is 1.98. The molecule has 1 N–H and O–H groups in total. The zero-order valence-electron chi connectivity index (χ0n) is 9.67. The second-order valence-corrected chi connectivity index (χ2v) is 4.69. The number of carbonyl (C=O) groups excluding carboxylic acids is 1. The Bertz CT molecular complexity index is 479. The molecule has 1 saturated carbocycles. The van der Waals surface area contributed by atoms with E-state index in [0.717, 1.165) is 0 Å². The Labute approximate surface area is 108 Å². The van der Waals surface area contributed by atoms with Crippen molar-refractivity contribution in [2.24, 2.45) is 5.92 Å². The Hall–Kier alpha value is -1.36. The number of hydrogen-bond donors (Lipinski definition) is 1. The lowest BCUT2D eigenvalue weighted by molar-refractivity contribution is 0.0895. The molecule has 98 valence electrons. The molecule has 3 nitrogen and oxygen atoms in total. The van der Waals surface area contributed by atoms with Gasteiger partial charge in [-0.25, -0.2) is 8.78 Å². The molecule has 0 bridgehead atoms. The van der Waals surface area contributed by atoms with Gasteiger partial charge in [0.15, 0.2) is 0 Å². The van der Waals surface area contributed by atoms with Gasteiger partial charge in [0.1, 0.15) is 5.75 Å². The highest BCUT2D eigenvalue weighted by Crippen LogP contribution is 2.47. The van der Waals surface area contributed by atoms with Crippen LogP contribution in [0.3, 0.4) is 0 Å². The molecule has 0 radical (unpaired) electrons. The van der Waals surface area contributed by atoms with Crippen LogP contribution in [-0.4, -0.2) is 25.5 Å². The Kier molecular flexibility index (Phi) is 3.43. The van der Waals surface area contributed by atoms with Crippen molar-refractivity contribution in [2.45, 2.75) is 12.3 Å². The van der Waals surface area contributed by atoms with Crippen molar-refractivity contribution in [3.8, 4) is 5.75 Å². The molecule has 1 fully saturated rings. The number of alkyl halides is 2. The number of carbonyl (C=O) groups is 1. The minimum absolute atomic E-state index is 0.0271. The summed E-state index contributed by atoms with van der Waals surface area (Å²) in [6.45, 7) is -0.0271. The van der Waals surface area contributed by atoms with Crippen LogP contribution in [0.15, 0.2) is 18.2 Å². The fourth-order valence-electron chi connectivity index (χ4n) is 1.62. The van der Waals surface area contributed by atoms with Crippen molar-refractivity contribution < 1.29 is 18.3 Å². The van der Waals surface area contributed by atoms with E-state index in [1.54, 1.807) is 6.07 Å². The van der Waals surface area contributed by atoms with Crippen LogP contribution in [0.5, 0.6) is 5.75 Å². The summed E-state index contributed by atoms with van der Waals surface area (Å²) < 4.78 is 30.3. The zero-order valence-corrected chi connectivity index (χ0v) is 10.4. The van der Waals surface area contributed by atoms with E-state index in [2.05, 4.69) is 5.32 Å². The first kappa shape index (κ1) is 13.1. The lowest BCUT2D eigenvalue weighted by Gasteiger charge is -2.07. The van der Waals surface area contributed by atoms with Crippen LogP contribution in [0.1, 0.15) is 16.8 Å². The summed E-state index contributed by atoms with van der Waals surface area (Å²) >= 11 is 5.81. The van der Waals surface area contributed by atoms with Gasteiger partial charge >= 0.3 is 0 Å². The molecule has 0 saturated heterocycles. The lowest BCUT2D eigenvalue weighted by atomic mass is 10.2. The van der Waals surface area contributed by atoms with Gasteiger partial charge < -0.3 is 10.1 Å². The van der Waals surface area contributed by atoms with Gasteiger partial charge in [-0.3, -0.25) is 4.79 Å². The van der Waals surface area contributed by atoms with Crippen molar-refractivity contribution in [2.75, 3.05) is 13.7 Å². The first-order valence-corrected chi connectivity index (χ1v) is 5.81. The van der Waals surface area contributed by atoms with E-state index in [1.165, 1.54) is 19.2 Å². The quantitative estimate of drug-likeness (QED) is 0.918. The van der Waals surface area contributed by atoms with E-state index >= 15 is 0 Å². The van der Waals surface area contributed by atoms with Crippen LogP contribution in [0.4, 0.5) is 8.78 Å². The predicted molar refractivity (Wildman–Crippen MR) is 63.4 cm³/mol. The summed E-state index contributed by atoms with van der Waals surface area (Å²) in [7, 11) is 1.46. The second-order valence-electron chi connectivity index (χ2n) is 4.25. The molecule has 1 aromatic rings. The van der Waals surface area contributed by atoms with Crippen LogP contribution >= 0.6 is 11.6 Å². The summed E-state index contributed by atoms with van der Waals surface area (Å²) in [6, 6.07) is 4.53. The third-order valence-electron chi connectivity index (χ3n) is 2.83. The second kappa shape index (κ2) is 4.72. The van der Waals surface area contributed by atoms with Crippen LogP contribution in [-0.2, 0) is 0 Å². The molecule has 2 rings (SSSR count). The number of amides is 1. The number of ether oxygens (including phenoxy) is 1. The molecule has 0 spiro atoms. The molecule has 1 atom stereocenters. The van der Waals surface area contributed by atoms with Crippen LogP contribution in [0, 0.1) is 5.92 Å². The molecule has 18 heavy (non-hydrogen) atoms.